The number of anilines is 2. The third kappa shape index (κ3) is 1.88. The number of carbonyl (C=O) groups is 1. The van der Waals surface area contributed by atoms with Crippen LogP contribution < -0.4 is 10.6 Å². The Morgan fingerprint density at radius 3 is 2.71 bits per heavy atom. The third-order valence-corrected chi connectivity index (χ3v) is 3.70. The van der Waals surface area contributed by atoms with Gasteiger partial charge in [-0.2, -0.15) is 0 Å². The fourth-order valence-electron chi connectivity index (χ4n) is 2.21. The molecule has 1 aliphatic rings. The summed E-state index contributed by atoms with van der Waals surface area (Å²) in [6.07, 6.45) is 1.47. The summed E-state index contributed by atoms with van der Waals surface area (Å²) >= 11 is 0. The number of hydrogen-bond acceptors (Lipinski definition) is 2. The number of rotatable bonds is 2. The van der Waals surface area contributed by atoms with Gasteiger partial charge in [0.1, 0.15) is 11.5 Å². The maximum Gasteiger partial charge on any atom is 0.232 e. The minimum absolute atomic E-state index is 0.0983. The molecule has 1 aromatic rings. The molecule has 0 fully saturated rings. The van der Waals surface area contributed by atoms with Crippen molar-refractivity contribution in [1.82, 2.24) is 0 Å². The minimum atomic E-state index is -0.453. The first-order valence-corrected chi connectivity index (χ1v) is 5.97. The zero-order chi connectivity index (χ0) is 12.5. The summed E-state index contributed by atoms with van der Waals surface area (Å²) in [5.74, 6) is -0.495. The van der Waals surface area contributed by atoms with Gasteiger partial charge in [-0.05, 0) is 25.0 Å². The van der Waals surface area contributed by atoms with Gasteiger partial charge in [0.05, 0.1) is 11.1 Å². The summed E-state index contributed by atoms with van der Waals surface area (Å²) in [7, 11) is 0. The molecule has 92 valence electrons. The molecule has 1 aliphatic heterocycles. The van der Waals surface area contributed by atoms with Gasteiger partial charge in [-0.1, -0.05) is 19.9 Å². The molecule has 0 atom stereocenters. The van der Waals surface area contributed by atoms with Crippen LogP contribution in [0.2, 0.25) is 0 Å². The highest BCUT2D eigenvalue weighted by Gasteiger charge is 2.37. The fraction of sp³-hybridized carbons (Fsp3) is 0.462. The number of fused-ring (bicyclic) bond motifs is 1. The lowest BCUT2D eigenvalue weighted by atomic mass is 9.81. The van der Waals surface area contributed by atoms with Crippen LogP contribution in [-0.2, 0) is 4.79 Å². The summed E-state index contributed by atoms with van der Waals surface area (Å²) in [5, 5.41) is 5.87. The first kappa shape index (κ1) is 11.9. The molecule has 0 aliphatic carbocycles. The number of carbonyl (C=O) groups excluding carboxylic acids is 1. The quantitative estimate of drug-likeness (QED) is 0.828. The van der Waals surface area contributed by atoms with E-state index >= 15 is 0 Å². The van der Waals surface area contributed by atoms with Crippen LogP contribution in [0.5, 0.6) is 0 Å². The van der Waals surface area contributed by atoms with Gasteiger partial charge in [-0.3, -0.25) is 4.79 Å². The predicted molar refractivity (Wildman–Crippen MR) is 66.5 cm³/mol. The van der Waals surface area contributed by atoms with Gasteiger partial charge in [-0.15, -0.1) is 0 Å². The van der Waals surface area contributed by atoms with E-state index in [0.29, 0.717) is 12.2 Å². The highest BCUT2D eigenvalue weighted by atomic mass is 19.1. The Hall–Kier alpha value is -1.58. The van der Waals surface area contributed by atoms with Gasteiger partial charge in [0.15, 0.2) is 0 Å². The highest BCUT2D eigenvalue weighted by Crippen LogP contribution is 2.35. The van der Waals surface area contributed by atoms with Crippen molar-refractivity contribution in [2.75, 3.05) is 17.2 Å². The van der Waals surface area contributed by atoms with Gasteiger partial charge in [0.25, 0.3) is 0 Å². The molecule has 17 heavy (non-hydrogen) atoms. The second kappa shape index (κ2) is 4.35. The molecule has 1 aromatic carbocycles. The number of halogens is 1. The van der Waals surface area contributed by atoms with E-state index in [1.165, 1.54) is 6.07 Å². The minimum Gasteiger partial charge on any atom is -0.382 e. The van der Waals surface area contributed by atoms with Crippen LogP contribution in [-0.4, -0.2) is 12.5 Å². The first-order valence-electron chi connectivity index (χ1n) is 5.97. The van der Waals surface area contributed by atoms with Crippen LogP contribution in [0.1, 0.15) is 26.7 Å². The molecule has 3 nitrogen and oxygen atoms in total. The fourth-order valence-corrected chi connectivity index (χ4v) is 2.21. The van der Waals surface area contributed by atoms with Crippen molar-refractivity contribution >= 4 is 17.3 Å². The SMILES string of the molecule is CCC1(CC)CNc2cccc(F)c2NC1=O. The molecule has 0 unspecified atom stereocenters. The average molecular weight is 236 g/mol. The van der Waals surface area contributed by atoms with Crippen LogP contribution in [0, 0.1) is 11.2 Å². The van der Waals surface area contributed by atoms with Gasteiger partial charge in [-0.25, -0.2) is 4.39 Å². The molecule has 0 aromatic heterocycles. The maximum absolute atomic E-state index is 13.6. The van der Waals surface area contributed by atoms with Crippen molar-refractivity contribution in [2.24, 2.45) is 5.41 Å². The number of hydrogen-bond donors (Lipinski definition) is 2. The van der Waals surface area contributed by atoms with E-state index in [1.807, 2.05) is 13.8 Å². The summed E-state index contributed by atoms with van der Waals surface area (Å²) < 4.78 is 13.6. The zero-order valence-electron chi connectivity index (χ0n) is 10.1. The topological polar surface area (TPSA) is 41.1 Å². The summed E-state index contributed by atoms with van der Waals surface area (Å²) in [6.45, 7) is 4.51. The lowest BCUT2D eigenvalue weighted by Gasteiger charge is -2.27. The molecule has 0 bridgehead atoms. The molecule has 1 heterocycles. The Morgan fingerprint density at radius 1 is 1.35 bits per heavy atom. The zero-order valence-corrected chi connectivity index (χ0v) is 10.1. The van der Waals surface area contributed by atoms with Crippen LogP contribution in [0.4, 0.5) is 15.8 Å². The van der Waals surface area contributed by atoms with Gasteiger partial charge < -0.3 is 10.6 Å². The molecule has 2 rings (SSSR count). The normalized spacial score (nSPS) is 17.7. The Balaban J connectivity index is 2.41. The van der Waals surface area contributed by atoms with E-state index < -0.39 is 11.2 Å². The number of nitrogens with one attached hydrogen (secondary N) is 2. The molecule has 0 saturated carbocycles. The van der Waals surface area contributed by atoms with E-state index in [2.05, 4.69) is 10.6 Å². The van der Waals surface area contributed by atoms with E-state index in [-0.39, 0.29) is 11.6 Å². The molecule has 4 heteroatoms. The Labute approximate surface area is 100 Å². The first-order chi connectivity index (χ1) is 8.13. The van der Waals surface area contributed by atoms with Crippen molar-refractivity contribution in [3.05, 3.63) is 24.0 Å². The summed E-state index contributed by atoms with van der Waals surface area (Å²) in [4.78, 5) is 12.2. The van der Waals surface area contributed by atoms with Gasteiger partial charge in [0.2, 0.25) is 5.91 Å². The molecular weight excluding hydrogens is 219 g/mol. The van der Waals surface area contributed by atoms with E-state index in [4.69, 9.17) is 0 Å². The molecule has 0 spiro atoms. The van der Waals surface area contributed by atoms with Crippen LogP contribution in [0.25, 0.3) is 0 Å². The molecule has 0 saturated heterocycles. The standard InChI is InChI=1S/C13H17FN2O/c1-3-13(4-2)8-15-10-7-5-6-9(14)11(10)16-12(13)17/h5-7,15H,3-4,8H2,1-2H3,(H,16,17). The van der Waals surface area contributed by atoms with E-state index in [0.717, 1.165) is 12.8 Å². The van der Waals surface area contributed by atoms with E-state index in [1.54, 1.807) is 12.1 Å². The highest BCUT2D eigenvalue weighted by molar-refractivity contribution is 6.00. The summed E-state index contributed by atoms with van der Waals surface area (Å²) in [5.41, 5.74) is 0.467. The Kier molecular flexibility index (Phi) is 3.05. The van der Waals surface area contributed by atoms with Gasteiger partial charge >= 0.3 is 0 Å². The van der Waals surface area contributed by atoms with Crippen molar-refractivity contribution < 1.29 is 9.18 Å². The predicted octanol–water partition coefficient (Wildman–Crippen LogP) is 3.00. The van der Waals surface area contributed by atoms with Crippen LogP contribution in [0.15, 0.2) is 18.2 Å². The van der Waals surface area contributed by atoms with Gasteiger partial charge in [0, 0.05) is 6.54 Å². The smallest absolute Gasteiger partial charge is 0.232 e. The largest absolute Gasteiger partial charge is 0.382 e. The maximum atomic E-state index is 13.6. The lowest BCUT2D eigenvalue weighted by Crippen LogP contribution is -2.39. The Morgan fingerprint density at radius 2 is 2.06 bits per heavy atom. The van der Waals surface area contributed by atoms with Crippen LogP contribution >= 0.6 is 0 Å². The molecule has 2 N–H and O–H groups in total. The van der Waals surface area contributed by atoms with Crippen molar-refractivity contribution in [3.63, 3.8) is 0 Å². The molecule has 0 radical (unpaired) electrons. The van der Waals surface area contributed by atoms with Crippen molar-refractivity contribution in [1.29, 1.82) is 0 Å². The lowest BCUT2D eigenvalue weighted by molar-refractivity contribution is -0.125. The third-order valence-electron chi connectivity index (χ3n) is 3.70. The van der Waals surface area contributed by atoms with Crippen molar-refractivity contribution in [2.45, 2.75) is 26.7 Å². The molecule has 1 amide bonds. The number of benzene rings is 1. The summed E-state index contributed by atoms with van der Waals surface area (Å²) in [6, 6.07) is 4.77. The van der Waals surface area contributed by atoms with Crippen molar-refractivity contribution in [3.8, 4) is 0 Å². The molecular formula is C13H17FN2O. The van der Waals surface area contributed by atoms with E-state index in [9.17, 15) is 9.18 Å². The average Bonchev–Trinajstić information content (AvgIpc) is 2.48. The second-order valence-corrected chi connectivity index (χ2v) is 4.46. The van der Waals surface area contributed by atoms with Crippen LogP contribution in [0.3, 0.4) is 0 Å². The number of amides is 1. The second-order valence-electron chi connectivity index (χ2n) is 4.46. The Bertz CT molecular complexity index is 441. The monoisotopic (exact) mass is 236 g/mol. The number of para-hydroxylation sites is 1.